The number of anilines is 1. The zero-order chi connectivity index (χ0) is 20.5. The Labute approximate surface area is 215 Å². The van der Waals surface area contributed by atoms with Gasteiger partial charge in [0.05, 0.1) is 20.8 Å². The zero-order valence-corrected chi connectivity index (χ0v) is 21.6. The standard InChI is InChI=1S/C14H20N5O8P.2Na/c1-2-3-8(20)18-12-9-13(16-5-15-12)19(6-17-9)14-11(22)10(21)7(27-14)4-26-28(23,24)25;;/h5-7,10-11,14,21-22H,2-4H2,1H3,(H2,23,24,25)(H,15,16,18,20);;/q;2*+1/p-2/t7-,10-,11-,14-;;/m1../s1. The summed E-state index contributed by atoms with van der Waals surface area (Å²) < 4.78 is 21.5. The van der Waals surface area contributed by atoms with Gasteiger partial charge in [-0.25, -0.2) is 15.0 Å². The molecule has 0 spiro atoms. The molecule has 1 amide bonds. The molecule has 16 heteroatoms. The molecular weight excluding hydrogens is 443 g/mol. The van der Waals surface area contributed by atoms with Crippen molar-refractivity contribution in [1.29, 1.82) is 0 Å². The third-order valence-corrected chi connectivity index (χ3v) is 4.57. The summed E-state index contributed by atoms with van der Waals surface area (Å²) in [7, 11) is -5.26. The van der Waals surface area contributed by atoms with Gasteiger partial charge in [-0.3, -0.25) is 9.36 Å². The summed E-state index contributed by atoms with van der Waals surface area (Å²) in [4.78, 5) is 45.2. The van der Waals surface area contributed by atoms with E-state index < -0.39 is 39.0 Å². The van der Waals surface area contributed by atoms with E-state index in [2.05, 4.69) is 24.8 Å². The van der Waals surface area contributed by atoms with E-state index in [1.807, 2.05) is 6.92 Å². The second-order valence-electron chi connectivity index (χ2n) is 6.13. The maximum atomic E-state index is 11.8. The van der Waals surface area contributed by atoms with Crippen LogP contribution in [0.4, 0.5) is 5.82 Å². The molecule has 0 bridgehead atoms. The van der Waals surface area contributed by atoms with Crippen LogP contribution in [-0.4, -0.2) is 60.6 Å². The molecule has 3 heterocycles. The largest absolute Gasteiger partial charge is 1.00 e. The number of carbonyl (C=O) groups excluding carboxylic acids is 1. The summed E-state index contributed by atoms with van der Waals surface area (Å²) in [5.41, 5.74) is 0.443. The van der Waals surface area contributed by atoms with Crippen molar-refractivity contribution >= 4 is 30.7 Å². The smallest absolute Gasteiger partial charge is 0.790 e. The third-order valence-electron chi connectivity index (χ3n) is 4.10. The molecule has 30 heavy (non-hydrogen) atoms. The van der Waals surface area contributed by atoms with Crippen LogP contribution in [0.25, 0.3) is 11.2 Å². The van der Waals surface area contributed by atoms with Crippen molar-refractivity contribution in [1.82, 2.24) is 19.5 Å². The van der Waals surface area contributed by atoms with Crippen molar-refractivity contribution in [3.63, 3.8) is 0 Å². The van der Waals surface area contributed by atoms with Crippen LogP contribution in [0.3, 0.4) is 0 Å². The first-order chi connectivity index (χ1) is 13.2. The summed E-state index contributed by atoms with van der Waals surface area (Å²) in [6.45, 7) is 1.10. The van der Waals surface area contributed by atoms with E-state index >= 15 is 0 Å². The van der Waals surface area contributed by atoms with E-state index in [1.165, 1.54) is 17.2 Å². The fourth-order valence-electron chi connectivity index (χ4n) is 2.81. The second kappa shape index (κ2) is 11.8. The van der Waals surface area contributed by atoms with E-state index in [4.69, 9.17) is 4.74 Å². The normalized spacial score (nSPS) is 23.6. The summed E-state index contributed by atoms with van der Waals surface area (Å²) in [6, 6.07) is 0. The minimum atomic E-state index is -5.26. The van der Waals surface area contributed by atoms with Gasteiger partial charge in [0.25, 0.3) is 0 Å². The molecule has 3 rings (SSSR count). The monoisotopic (exact) mass is 461 g/mol. The number of hydrogen-bond donors (Lipinski definition) is 3. The minimum absolute atomic E-state index is 0. The van der Waals surface area contributed by atoms with Crippen LogP contribution in [0, 0.1) is 0 Å². The molecule has 0 aliphatic carbocycles. The Morgan fingerprint density at radius 2 is 2.00 bits per heavy atom. The first-order valence-electron chi connectivity index (χ1n) is 8.37. The fraction of sp³-hybridized carbons (Fsp3) is 0.571. The Hall–Kier alpha value is 0.01000. The van der Waals surface area contributed by atoms with Gasteiger partial charge in [-0.05, 0) is 6.42 Å². The van der Waals surface area contributed by atoms with Crippen LogP contribution in [-0.2, 0) is 18.6 Å². The number of carbonyl (C=O) groups is 1. The third kappa shape index (κ3) is 6.51. The van der Waals surface area contributed by atoms with Crippen LogP contribution in [0.15, 0.2) is 12.7 Å². The zero-order valence-electron chi connectivity index (χ0n) is 16.7. The Bertz CT molecular complexity index is 912. The molecule has 1 saturated heterocycles. The molecule has 13 nitrogen and oxygen atoms in total. The number of aliphatic hydroxyl groups is 2. The maximum absolute atomic E-state index is 11.8. The van der Waals surface area contributed by atoms with Crippen molar-refractivity contribution < 1.29 is 97.7 Å². The van der Waals surface area contributed by atoms with Gasteiger partial charge in [-0.1, -0.05) is 6.92 Å². The van der Waals surface area contributed by atoms with Gasteiger partial charge in [0, 0.05) is 6.42 Å². The van der Waals surface area contributed by atoms with Crippen LogP contribution in [0.1, 0.15) is 26.0 Å². The summed E-state index contributed by atoms with van der Waals surface area (Å²) in [6.07, 6.45) is -2.03. The van der Waals surface area contributed by atoms with Gasteiger partial charge in [0.2, 0.25) is 5.91 Å². The van der Waals surface area contributed by atoms with Crippen molar-refractivity contribution in [2.45, 2.75) is 44.3 Å². The van der Waals surface area contributed by atoms with E-state index in [1.54, 1.807) is 0 Å². The number of phosphoric ester groups is 1. The van der Waals surface area contributed by atoms with Gasteiger partial charge in [0.1, 0.15) is 24.6 Å². The van der Waals surface area contributed by atoms with E-state index in [9.17, 15) is 29.4 Å². The molecular formula is C14H18N5Na2O8P. The quantitative estimate of drug-likeness (QED) is 0.262. The Balaban J connectivity index is 0.00000225. The molecule has 0 unspecified atom stereocenters. The first-order valence-corrected chi connectivity index (χ1v) is 9.83. The number of ether oxygens (including phenoxy) is 1. The second-order valence-corrected chi connectivity index (χ2v) is 7.29. The van der Waals surface area contributed by atoms with Crippen molar-refractivity contribution in [3.05, 3.63) is 12.7 Å². The van der Waals surface area contributed by atoms with Crippen molar-refractivity contribution in [2.75, 3.05) is 11.9 Å². The molecule has 2 aromatic heterocycles. The number of phosphoric acid groups is 1. The Kier molecular flexibility index (Phi) is 11.0. The number of amides is 1. The molecule has 0 aromatic carbocycles. The number of rotatable bonds is 7. The average molecular weight is 461 g/mol. The minimum Gasteiger partial charge on any atom is -0.790 e. The number of imidazole rings is 1. The van der Waals surface area contributed by atoms with E-state index in [0.717, 1.165) is 0 Å². The van der Waals surface area contributed by atoms with E-state index in [-0.39, 0.29) is 82.0 Å². The van der Waals surface area contributed by atoms with Crippen molar-refractivity contribution in [2.24, 2.45) is 0 Å². The summed E-state index contributed by atoms with van der Waals surface area (Å²) in [5, 5.41) is 22.9. The Morgan fingerprint density at radius 3 is 2.63 bits per heavy atom. The summed E-state index contributed by atoms with van der Waals surface area (Å²) in [5.74, 6) is -0.0738. The van der Waals surface area contributed by atoms with Crippen LogP contribution in [0.2, 0.25) is 0 Å². The average Bonchev–Trinajstić information content (AvgIpc) is 3.16. The molecule has 154 valence electrons. The molecule has 1 aliphatic rings. The van der Waals surface area contributed by atoms with Gasteiger partial charge in [-0.2, -0.15) is 0 Å². The first kappa shape index (κ1) is 28.0. The molecule has 0 saturated carbocycles. The molecule has 2 aromatic rings. The molecule has 0 radical (unpaired) electrons. The van der Waals surface area contributed by atoms with Crippen molar-refractivity contribution in [3.8, 4) is 0 Å². The summed E-state index contributed by atoms with van der Waals surface area (Å²) >= 11 is 0. The molecule has 4 atom stereocenters. The van der Waals surface area contributed by atoms with Gasteiger partial charge in [0.15, 0.2) is 23.2 Å². The predicted molar refractivity (Wildman–Crippen MR) is 88.3 cm³/mol. The number of aliphatic hydroxyl groups excluding tert-OH is 2. The predicted octanol–water partition coefficient (Wildman–Crippen LogP) is -7.96. The van der Waals surface area contributed by atoms with Gasteiger partial charge < -0.3 is 39.1 Å². The molecule has 1 aliphatic heterocycles. The number of aromatic nitrogens is 4. The van der Waals surface area contributed by atoms with E-state index in [0.29, 0.717) is 12.8 Å². The van der Waals surface area contributed by atoms with Gasteiger partial charge in [-0.15, -0.1) is 0 Å². The maximum Gasteiger partial charge on any atom is 1.00 e. The fourth-order valence-corrected chi connectivity index (χ4v) is 3.14. The SMILES string of the molecule is CCCC(=O)Nc1ncnc2c1ncn2[C@@H]1O[C@H](COP(=O)([O-])[O-])[C@@H](O)[C@H]1O.[Na+].[Na+]. The van der Waals surface area contributed by atoms with Gasteiger partial charge >= 0.3 is 59.1 Å². The van der Waals surface area contributed by atoms with Crippen LogP contribution < -0.4 is 74.2 Å². The number of hydrogen-bond acceptors (Lipinski definition) is 11. The number of fused-ring (bicyclic) bond motifs is 1. The number of nitrogens with zero attached hydrogens (tertiary/aromatic N) is 4. The number of nitrogens with one attached hydrogen (secondary N) is 1. The topological polar surface area (TPSA) is 195 Å². The molecule has 3 N–H and O–H groups in total. The van der Waals surface area contributed by atoms with Crippen LogP contribution >= 0.6 is 7.82 Å². The Morgan fingerprint density at radius 1 is 1.30 bits per heavy atom. The molecule has 1 fully saturated rings. The van der Waals surface area contributed by atoms with Crippen LogP contribution in [0.5, 0.6) is 0 Å².